The van der Waals surface area contributed by atoms with E-state index in [-0.39, 0.29) is 17.6 Å². The standard InChI is InChI=1S/C17H22N4O3S/c1-4-12(3)15(16(23)24)19-14(22)9-25-17-20-18-10-21(17)13-7-5-11(2)6-8-13/h5-8,10,12,15H,4,9H2,1-3H3,(H,19,22)(H,23,24). The lowest BCUT2D eigenvalue weighted by molar-refractivity contribution is -0.143. The molecule has 0 spiro atoms. The summed E-state index contributed by atoms with van der Waals surface area (Å²) < 4.78 is 1.79. The molecule has 1 aromatic carbocycles. The maximum absolute atomic E-state index is 12.1. The molecule has 7 nitrogen and oxygen atoms in total. The molecule has 0 saturated carbocycles. The van der Waals surface area contributed by atoms with Crippen molar-refractivity contribution in [2.24, 2.45) is 5.92 Å². The van der Waals surface area contributed by atoms with Gasteiger partial charge < -0.3 is 10.4 Å². The quantitative estimate of drug-likeness (QED) is 0.699. The van der Waals surface area contributed by atoms with Gasteiger partial charge in [-0.25, -0.2) is 4.79 Å². The van der Waals surface area contributed by atoms with Crippen molar-refractivity contribution in [3.05, 3.63) is 36.2 Å². The molecule has 0 bridgehead atoms. The van der Waals surface area contributed by atoms with Crippen molar-refractivity contribution in [2.75, 3.05) is 5.75 Å². The summed E-state index contributed by atoms with van der Waals surface area (Å²) in [4.78, 5) is 23.4. The van der Waals surface area contributed by atoms with Gasteiger partial charge in [0.05, 0.1) is 5.75 Å². The summed E-state index contributed by atoms with van der Waals surface area (Å²) >= 11 is 1.22. The number of carboxylic acid groups (broad SMARTS) is 1. The van der Waals surface area contributed by atoms with Gasteiger partial charge in [-0.15, -0.1) is 10.2 Å². The van der Waals surface area contributed by atoms with Gasteiger partial charge in [0.2, 0.25) is 5.91 Å². The third-order valence-electron chi connectivity index (χ3n) is 3.96. The zero-order valence-electron chi connectivity index (χ0n) is 14.5. The molecular formula is C17H22N4O3S. The molecule has 8 heteroatoms. The molecule has 2 aromatic rings. The Kier molecular flexibility index (Phi) is 6.58. The highest BCUT2D eigenvalue weighted by Crippen LogP contribution is 2.20. The molecule has 0 aliphatic rings. The van der Waals surface area contributed by atoms with Crippen molar-refractivity contribution in [2.45, 2.75) is 38.4 Å². The molecule has 2 atom stereocenters. The van der Waals surface area contributed by atoms with Crippen molar-refractivity contribution in [1.82, 2.24) is 20.1 Å². The first-order valence-electron chi connectivity index (χ1n) is 8.04. The van der Waals surface area contributed by atoms with E-state index in [1.165, 1.54) is 11.8 Å². The smallest absolute Gasteiger partial charge is 0.326 e. The Balaban J connectivity index is 2.00. The lowest BCUT2D eigenvalue weighted by Crippen LogP contribution is -2.45. The number of carbonyl (C=O) groups is 2. The normalized spacial score (nSPS) is 13.2. The Labute approximate surface area is 150 Å². The van der Waals surface area contributed by atoms with Crippen LogP contribution in [0.4, 0.5) is 0 Å². The molecule has 0 saturated heterocycles. The molecule has 1 aromatic heterocycles. The summed E-state index contributed by atoms with van der Waals surface area (Å²) in [5, 5.41) is 20.3. The maximum atomic E-state index is 12.1. The summed E-state index contributed by atoms with van der Waals surface area (Å²) in [5.74, 6) is -1.42. The number of aromatic nitrogens is 3. The Hall–Kier alpha value is -2.35. The van der Waals surface area contributed by atoms with E-state index in [1.54, 1.807) is 17.8 Å². The monoisotopic (exact) mass is 362 g/mol. The third-order valence-corrected chi connectivity index (χ3v) is 4.90. The van der Waals surface area contributed by atoms with E-state index >= 15 is 0 Å². The van der Waals surface area contributed by atoms with Crippen LogP contribution >= 0.6 is 11.8 Å². The fourth-order valence-electron chi connectivity index (χ4n) is 2.23. The van der Waals surface area contributed by atoms with Crippen LogP contribution < -0.4 is 5.32 Å². The van der Waals surface area contributed by atoms with Crippen LogP contribution in [-0.4, -0.2) is 43.5 Å². The topological polar surface area (TPSA) is 97.1 Å². The number of thioether (sulfide) groups is 1. The Morgan fingerprint density at radius 1 is 1.32 bits per heavy atom. The second-order valence-corrected chi connectivity index (χ2v) is 6.82. The Morgan fingerprint density at radius 3 is 2.60 bits per heavy atom. The summed E-state index contributed by atoms with van der Waals surface area (Å²) in [7, 11) is 0. The van der Waals surface area contributed by atoms with E-state index < -0.39 is 12.0 Å². The summed E-state index contributed by atoms with van der Waals surface area (Å²) in [5.41, 5.74) is 2.05. The fraction of sp³-hybridized carbons (Fsp3) is 0.412. The number of hydrogen-bond donors (Lipinski definition) is 2. The highest BCUT2D eigenvalue weighted by molar-refractivity contribution is 7.99. The van der Waals surface area contributed by atoms with Crippen LogP contribution in [0.1, 0.15) is 25.8 Å². The van der Waals surface area contributed by atoms with Crippen molar-refractivity contribution in [1.29, 1.82) is 0 Å². The van der Waals surface area contributed by atoms with Crippen LogP contribution in [0.5, 0.6) is 0 Å². The second-order valence-electron chi connectivity index (χ2n) is 5.88. The molecule has 134 valence electrons. The molecule has 2 unspecified atom stereocenters. The van der Waals surface area contributed by atoms with Gasteiger partial charge in [-0.1, -0.05) is 49.7 Å². The van der Waals surface area contributed by atoms with E-state index in [0.29, 0.717) is 11.6 Å². The van der Waals surface area contributed by atoms with Crippen LogP contribution in [0.2, 0.25) is 0 Å². The number of nitrogens with one attached hydrogen (secondary N) is 1. The Bertz CT molecular complexity index is 730. The van der Waals surface area contributed by atoms with Gasteiger partial charge in [-0.05, 0) is 25.0 Å². The Morgan fingerprint density at radius 2 is 2.00 bits per heavy atom. The molecule has 25 heavy (non-hydrogen) atoms. The maximum Gasteiger partial charge on any atom is 0.326 e. The molecule has 0 fully saturated rings. The van der Waals surface area contributed by atoms with Gasteiger partial charge in [0, 0.05) is 5.69 Å². The van der Waals surface area contributed by atoms with Crippen molar-refractivity contribution < 1.29 is 14.7 Å². The van der Waals surface area contributed by atoms with Crippen molar-refractivity contribution >= 4 is 23.6 Å². The molecule has 0 aliphatic carbocycles. The van der Waals surface area contributed by atoms with E-state index in [0.717, 1.165) is 11.3 Å². The van der Waals surface area contributed by atoms with Gasteiger partial charge in [0.15, 0.2) is 5.16 Å². The number of amides is 1. The molecule has 0 radical (unpaired) electrons. The molecule has 0 aliphatic heterocycles. The summed E-state index contributed by atoms with van der Waals surface area (Å²) in [6.45, 7) is 5.71. The minimum absolute atomic E-state index is 0.0742. The number of benzene rings is 1. The van der Waals surface area contributed by atoms with Crippen LogP contribution in [0.15, 0.2) is 35.7 Å². The number of rotatable bonds is 8. The minimum Gasteiger partial charge on any atom is -0.480 e. The van der Waals surface area contributed by atoms with E-state index in [2.05, 4.69) is 15.5 Å². The SMILES string of the molecule is CCC(C)C(NC(=O)CSc1nncn1-c1ccc(C)cc1)C(=O)O. The first kappa shape index (κ1) is 19.0. The van der Waals surface area contributed by atoms with E-state index in [1.807, 2.05) is 38.1 Å². The first-order valence-corrected chi connectivity index (χ1v) is 9.03. The van der Waals surface area contributed by atoms with Gasteiger partial charge in [-0.3, -0.25) is 9.36 Å². The fourth-order valence-corrected chi connectivity index (χ4v) is 2.97. The zero-order chi connectivity index (χ0) is 18.4. The predicted molar refractivity (Wildman–Crippen MR) is 95.8 cm³/mol. The number of aryl methyl sites for hydroxylation is 1. The lowest BCUT2D eigenvalue weighted by atomic mass is 9.99. The summed E-state index contributed by atoms with van der Waals surface area (Å²) in [6, 6.07) is 6.99. The van der Waals surface area contributed by atoms with Gasteiger partial charge in [0.25, 0.3) is 0 Å². The highest BCUT2D eigenvalue weighted by Gasteiger charge is 2.25. The largest absolute Gasteiger partial charge is 0.480 e. The van der Waals surface area contributed by atoms with E-state index in [9.17, 15) is 14.7 Å². The average molecular weight is 362 g/mol. The predicted octanol–water partition coefficient (Wildman–Crippen LogP) is 2.28. The number of nitrogens with zero attached hydrogens (tertiary/aromatic N) is 3. The van der Waals surface area contributed by atoms with Gasteiger partial charge in [0.1, 0.15) is 12.4 Å². The molecule has 2 N–H and O–H groups in total. The van der Waals surface area contributed by atoms with Gasteiger partial charge >= 0.3 is 5.97 Å². The first-order chi connectivity index (χ1) is 11.9. The van der Waals surface area contributed by atoms with Crippen LogP contribution in [0.25, 0.3) is 5.69 Å². The summed E-state index contributed by atoms with van der Waals surface area (Å²) in [6.07, 6.45) is 2.26. The molecule has 1 amide bonds. The molecular weight excluding hydrogens is 340 g/mol. The minimum atomic E-state index is -1.02. The number of aliphatic carboxylic acids is 1. The van der Waals surface area contributed by atoms with E-state index in [4.69, 9.17) is 0 Å². The number of carbonyl (C=O) groups excluding carboxylic acids is 1. The third kappa shape index (κ3) is 5.06. The average Bonchev–Trinajstić information content (AvgIpc) is 3.06. The van der Waals surface area contributed by atoms with Gasteiger partial charge in [-0.2, -0.15) is 0 Å². The number of hydrogen-bond acceptors (Lipinski definition) is 5. The second kappa shape index (κ2) is 8.66. The highest BCUT2D eigenvalue weighted by atomic mass is 32.2. The van der Waals surface area contributed by atoms with Crippen molar-refractivity contribution in [3.8, 4) is 5.69 Å². The zero-order valence-corrected chi connectivity index (χ0v) is 15.3. The van der Waals surface area contributed by atoms with Crippen LogP contribution in [0.3, 0.4) is 0 Å². The number of carboxylic acids is 1. The van der Waals surface area contributed by atoms with Crippen LogP contribution in [-0.2, 0) is 9.59 Å². The van der Waals surface area contributed by atoms with Crippen molar-refractivity contribution in [3.63, 3.8) is 0 Å². The van der Waals surface area contributed by atoms with Crippen LogP contribution in [0, 0.1) is 12.8 Å². The molecule has 1 heterocycles. The molecule has 2 rings (SSSR count). The lowest BCUT2D eigenvalue weighted by Gasteiger charge is -2.19.